The summed E-state index contributed by atoms with van der Waals surface area (Å²) in [4.78, 5) is 20.0. The van der Waals surface area contributed by atoms with Crippen molar-refractivity contribution in [2.75, 3.05) is 0 Å². The molecule has 116 valence electrons. The highest BCUT2D eigenvalue weighted by Crippen LogP contribution is 2.24. The number of nitrogens with zero attached hydrogens (tertiary/aromatic N) is 2. The van der Waals surface area contributed by atoms with Crippen molar-refractivity contribution < 1.29 is 9.21 Å². The van der Waals surface area contributed by atoms with Crippen LogP contribution in [0.25, 0.3) is 11.0 Å². The molecule has 0 bridgehead atoms. The van der Waals surface area contributed by atoms with Crippen LogP contribution in [0.5, 0.6) is 0 Å². The number of benzene rings is 1. The summed E-state index contributed by atoms with van der Waals surface area (Å²) in [5.41, 5.74) is 7.50. The predicted molar refractivity (Wildman–Crippen MR) is 88.9 cm³/mol. The van der Waals surface area contributed by atoms with Crippen LogP contribution in [0.4, 0.5) is 5.69 Å². The number of aromatic nitrogens is 1. The van der Waals surface area contributed by atoms with Gasteiger partial charge in [-0.3, -0.25) is 10.1 Å². The molecule has 2 heterocycles. The van der Waals surface area contributed by atoms with E-state index in [-0.39, 0.29) is 5.96 Å². The zero-order valence-electron chi connectivity index (χ0n) is 12.2. The molecule has 0 saturated carbocycles. The SMILES string of the molecule is Cc1cc2cc(N=C(N)NC(=O)c3ccc(Cl)nc3)ccc2o1. The topological polar surface area (TPSA) is 93.5 Å². The molecule has 0 aliphatic carbocycles. The van der Waals surface area contributed by atoms with Gasteiger partial charge in [0.05, 0.1) is 11.3 Å². The zero-order valence-corrected chi connectivity index (χ0v) is 13.0. The molecule has 0 unspecified atom stereocenters. The highest BCUT2D eigenvalue weighted by atomic mass is 35.5. The van der Waals surface area contributed by atoms with Crippen molar-refractivity contribution in [2.45, 2.75) is 6.92 Å². The third-order valence-corrected chi connectivity index (χ3v) is 3.33. The van der Waals surface area contributed by atoms with Gasteiger partial charge in [-0.05, 0) is 43.3 Å². The number of carbonyl (C=O) groups excluding carboxylic acids is 1. The van der Waals surface area contributed by atoms with E-state index < -0.39 is 5.91 Å². The van der Waals surface area contributed by atoms with Gasteiger partial charge in [0.15, 0.2) is 0 Å². The summed E-state index contributed by atoms with van der Waals surface area (Å²) in [5, 5.41) is 3.73. The highest BCUT2D eigenvalue weighted by molar-refractivity contribution is 6.29. The van der Waals surface area contributed by atoms with Gasteiger partial charge >= 0.3 is 0 Å². The van der Waals surface area contributed by atoms with Gasteiger partial charge in [-0.2, -0.15) is 0 Å². The van der Waals surface area contributed by atoms with Crippen molar-refractivity contribution in [1.82, 2.24) is 10.3 Å². The normalized spacial score (nSPS) is 11.7. The maximum Gasteiger partial charge on any atom is 0.259 e. The van der Waals surface area contributed by atoms with E-state index in [2.05, 4.69) is 15.3 Å². The number of pyridine rings is 1. The van der Waals surface area contributed by atoms with E-state index in [0.29, 0.717) is 16.4 Å². The maximum atomic E-state index is 12.0. The lowest BCUT2D eigenvalue weighted by Gasteiger charge is -2.04. The molecule has 1 aromatic carbocycles. The minimum atomic E-state index is -0.407. The molecule has 6 nitrogen and oxygen atoms in total. The number of amides is 1. The van der Waals surface area contributed by atoms with E-state index in [0.717, 1.165) is 16.7 Å². The fourth-order valence-corrected chi connectivity index (χ4v) is 2.21. The monoisotopic (exact) mass is 328 g/mol. The largest absolute Gasteiger partial charge is 0.461 e. The summed E-state index contributed by atoms with van der Waals surface area (Å²) in [5.74, 6) is 0.401. The Labute approximate surface area is 137 Å². The summed E-state index contributed by atoms with van der Waals surface area (Å²) in [6.45, 7) is 1.87. The molecule has 0 fully saturated rings. The van der Waals surface area contributed by atoms with Crippen LogP contribution in [0.1, 0.15) is 16.1 Å². The van der Waals surface area contributed by atoms with Crippen LogP contribution in [0.15, 0.2) is 52.0 Å². The lowest BCUT2D eigenvalue weighted by Crippen LogP contribution is -2.36. The first-order valence-corrected chi connectivity index (χ1v) is 7.16. The van der Waals surface area contributed by atoms with Crippen LogP contribution in [-0.4, -0.2) is 16.9 Å². The molecule has 0 aliphatic heterocycles. The van der Waals surface area contributed by atoms with Gasteiger partial charge in [0, 0.05) is 11.6 Å². The van der Waals surface area contributed by atoms with Crippen molar-refractivity contribution >= 4 is 40.1 Å². The van der Waals surface area contributed by atoms with Gasteiger partial charge in [-0.1, -0.05) is 11.6 Å². The molecule has 3 N–H and O–H groups in total. The third-order valence-electron chi connectivity index (χ3n) is 3.10. The number of rotatable bonds is 2. The quantitative estimate of drug-likeness (QED) is 0.429. The number of halogens is 1. The van der Waals surface area contributed by atoms with Gasteiger partial charge in [0.2, 0.25) is 5.96 Å². The summed E-state index contributed by atoms with van der Waals surface area (Å²) in [6, 6.07) is 10.4. The lowest BCUT2D eigenvalue weighted by molar-refractivity contribution is 0.0976. The standard InChI is InChI=1S/C16H13ClN4O2/c1-9-6-11-7-12(3-4-13(11)23-9)20-16(18)21-15(22)10-2-5-14(17)19-8-10/h2-8H,1H3,(H3,18,20,21,22). The van der Waals surface area contributed by atoms with Gasteiger partial charge < -0.3 is 10.2 Å². The Balaban J connectivity index is 1.77. The van der Waals surface area contributed by atoms with Crippen LogP contribution in [0.3, 0.4) is 0 Å². The average molecular weight is 329 g/mol. The first-order chi connectivity index (χ1) is 11.0. The smallest absolute Gasteiger partial charge is 0.259 e. The first-order valence-electron chi connectivity index (χ1n) is 6.78. The maximum absolute atomic E-state index is 12.0. The molecule has 0 aliphatic rings. The molecule has 0 saturated heterocycles. The highest BCUT2D eigenvalue weighted by Gasteiger charge is 2.08. The third kappa shape index (κ3) is 3.49. The number of hydrogen-bond acceptors (Lipinski definition) is 4. The molecule has 3 aromatic rings. The predicted octanol–water partition coefficient (Wildman–Crippen LogP) is 3.17. The zero-order chi connectivity index (χ0) is 16.4. The van der Waals surface area contributed by atoms with Crippen LogP contribution < -0.4 is 11.1 Å². The summed E-state index contributed by atoms with van der Waals surface area (Å²) in [6.07, 6.45) is 1.37. The number of nitrogens with two attached hydrogens (primary N) is 1. The van der Waals surface area contributed by atoms with Crippen molar-refractivity contribution in [2.24, 2.45) is 10.7 Å². The molecule has 2 aromatic heterocycles. The second kappa shape index (κ2) is 6.10. The summed E-state index contributed by atoms with van der Waals surface area (Å²) in [7, 11) is 0. The number of fused-ring (bicyclic) bond motifs is 1. The van der Waals surface area contributed by atoms with E-state index in [1.54, 1.807) is 18.2 Å². The van der Waals surface area contributed by atoms with E-state index in [1.165, 1.54) is 12.3 Å². The second-order valence-electron chi connectivity index (χ2n) is 4.90. The van der Waals surface area contributed by atoms with E-state index in [1.807, 2.05) is 19.1 Å². The first kappa shape index (κ1) is 15.1. The Hall–Kier alpha value is -2.86. The molecule has 7 heteroatoms. The molecular weight excluding hydrogens is 316 g/mol. The van der Waals surface area contributed by atoms with Crippen LogP contribution in [0.2, 0.25) is 5.15 Å². The Morgan fingerprint density at radius 3 is 2.87 bits per heavy atom. The molecule has 0 atom stereocenters. The van der Waals surface area contributed by atoms with E-state index in [4.69, 9.17) is 21.8 Å². The second-order valence-corrected chi connectivity index (χ2v) is 5.29. The van der Waals surface area contributed by atoms with Crippen molar-refractivity contribution in [3.63, 3.8) is 0 Å². The number of nitrogens with one attached hydrogen (secondary N) is 1. The lowest BCUT2D eigenvalue weighted by atomic mass is 10.2. The van der Waals surface area contributed by atoms with E-state index in [9.17, 15) is 4.79 Å². The fraction of sp³-hybridized carbons (Fsp3) is 0.0625. The van der Waals surface area contributed by atoms with Crippen molar-refractivity contribution in [3.8, 4) is 0 Å². The number of carbonyl (C=O) groups is 1. The molecule has 0 radical (unpaired) electrons. The molecular formula is C16H13ClN4O2. The Kier molecular flexibility index (Phi) is 3.99. The fourth-order valence-electron chi connectivity index (χ4n) is 2.10. The van der Waals surface area contributed by atoms with E-state index >= 15 is 0 Å². The Bertz CT molecular complexity index is 900. The molecule has 1 amide bonds. The molecule has 23 heavy (non-hydrogen) atoms. The molecule has 3 rings (SSSR count). The van der Waals surface area contributed by atoms with Crippen molar-refractivity contribution in [3.05, 3.63) is 59.1 Å². The minimum Gasteiger partial charge on any atom is -0.461 e. The number of aryl methyl sites for hydroxylation is 1. The Morgan fingerprint density at radius 1 is 1.30 bits per heavy atom. The van der Waals surface area contributed by atoms with Crippen LogP contribution in [0, 0.1) is 6.92 Å². The number of furan rings is 1. The Morgan fingerprint density at radius 2 is 2.13 bits per heavy atom. The summed E-state index contributed by atoms with van der Waals surface area (Å²) >= 11 is 5.68. The minimum absolute atomic E-state index is 0.00971. The number of hydrogen-bond donors (Lipinski definition) is 2. The van der Waals surface area contributed by atoms with Crippen LogP contribution in [-0.2, 0) is 0 Å². The van der Waals surface area contributed by atoms with Gasteiger partial charge in [-0.25, -0.2) is 9.98 Å². The van der Waals surface area contributed by atoms with Crippen molar-refractivity contribution in [1.29, 1.82) is 0 Å². The summed E-state index contributed by atoms with van der Waals surface area (Å²) < 4.78 is 5.49. The van der Waals surface area contributed by atoms with Gasteiger partial charge in [0.25, 0.3) is 5.91 Å². The molecule has 0 spiro atoms. The number of guanidine groups is 1. The number of aliphatic imine (C=N–C) groups is 1. The van der Waals surface area contributed by atoms with Gasteiger partial charge in [0.1, 0.15) is 16.5 Å². The van der Waals surface area contributed by atoms with Crippen LogP contribution >= 0.6 is 11.6 Å². The average Bonchev–Trinajstić information content (AvgIpc) is 2.87. The van der Waals surface area contributed by atoms with Gasteiger partial charge in [-0.15, -0.1) is 0 Å².